The molecule has 136 valence electrons. The second-order valence-corrected chi connectivity index (χ2v) is 7.37. The van der Waals surface area contributed by atoms with Crippen molar-refractivity contribution >= 4 is 17.0 Å². The van der Waals surface area contributed by atoms with Gasteiger partial charge in [0.15, 0.2) is 0 Å². The maximum Gasteiger partial charge on any atom is 0.317 e. The van der Waals surface area contributed by atoms with Crippen LogP contribution in [-0.2, 0) is 0 Å². The molecule has 25 heavy (non-hydrogen) atoms. The number of aliphatic hydroxyl groups is 1. The van der Waals surface area contributed by atoms with Crippen LogP contribution in [0.15, 0.2) is 28.7 Å². The summed E-state index contributed by atoms with van der Waals surface area (Å²) in [6, 6.07) is 7.78. The molecule has 0 radical (unpaired) electrons. The molecule has 5 heteroatoms. The van der Waals surface area contributed by atoms with E-state index in [1.54, 1.807) is 0 Å². The Bertz CT molecular complexity index is 730. The van der Waals surface area contributed by atoms with Crippen molar-refractivity contribution < 1.29 is 14.3 Å². The minimum Gasteiger partial charge on any atom is -0.459 e. The van der Waals surface area contributed by atoms with E-state index in [2.05, 4.69) is 32.2 Å². The average Bonchev–Trinajstić information content (AvgIpc) is 2.96. The van der Waals surface area contributed by atoms with Crippen LogP contribution < -0.4 is 5.32 Å². The number of benzene rings is 1. The zero-order valence-electron chi connectivity index (χ0n) is 15.3. The number of piperidine rings is 1. The highest BCUT2D eigenvalue weighted by molar-refractivity contribution is 5.82. The molecule has 0 bridgehead atoms. The van der Waals surface area contributed by atoms with Crippen molar-refractivity contribution in [3.8, 4) is 0 Å². The van der Waals surface area contributed by atoms with Gasteiger partial charge >= 0.3 is 6.03 Å². The predicted octanol–water partition coefficient (Wildman–Crippen LogP) is 3.85. The van der Waals surface area contributed by atoms with Crippen LogP contribution in [0.2, 0.25) is 0 Å². The SMILES string of the molecule is Cc1c(C(NC(=O)N2CCC(CO)CC2)C(C)C)oc2ccccc12. The van der Waals surface area contributed by atoms with Crippen LogP contribution in [-0.4, -0.2) is 35.7 Å². The third-order valence-electron chi connectivity index (χ3n) is 5.27. The highest BCUT2D eigenvalue weighted by Gasteiger charge is 2.28. The molecule has 2 amide bonds. The van der Waals surface area contributed by atoms with Gasteiger partial charge in [-0.15, -0.1) is 0 Å². The Balaban J connectivity index is 1.77. The second kappa shape index (κ2) is 7.48. The number of para-hydroxylation sites is 1. The second-order valence-electron chi connectivity index (χ2n) is 7.37. The summed E-state index contributed by atoms with van der Waals surface area (Å²) in [7, 11) is 0. The van der Waals surface area contributed by atoms with Gasteiger partial charge in [-0.2, -0.15) is 0 Å². The van der Waals surface area contributed by atoms with Crippen LogP contribution in [0.5, 0.6) is 0 Å². The first-order chi connectivity index (χ1) is 12.0. The highest BCUT2D eigenvalue weighted by Crippen LogP contribution is 2.33. The number of aryl methyl sites for hydroxylation is 1. The Morgan fingerprint density at radius 1 is 1.32 bits per heavy atom. The topological polar surface area (TPSA) is 65.7 Å². The molecule has 1 aromatic heterocycles. The molecule has 5 nitrogen and oxygen atoms in total. The fraction of sp³-hybridized carbons (Fsp3) is 0.550. The van der Waals surface area contributed by atoms with Gasteiger partial charge in [0.25, 0.3) is 0 Å². The van der Waals surface area contributed by atoms with Crippen LogP contribution in [0.4, 0.5) is 4.79 Å². The Labute approximate surface area is 149 Å². The Kier molecular flexibility index (Phi) is 5.33. The molecule has 3 rings (SSSR count). The van der Waals surface area contributed by atoms with Gasteiger partial charge in [0.05, 0.1) is 6.04 Å². The number of hydrogen-bond acceptors (Lipinski definition) is 3. The molecule has 1 unspecified atom stereocenters. The summed E-state index contributed by atoms with van der Waals surface area (Å²) in [6.45, 7) is 7.84. The number of nitrogens with zero attached hydrogens (tertiary/aromatic N) is 1. The molecule has 1 saturated heterocycles. The Morgan fingerprint density at radius 2 is 2.00 bits per heavy atom. The first-order valence-electron chi connectivity index (χ1n) is 9.15. The molecule has 1 fully saturated rings. The molecule has 0 spiro atoms. The van der Waals surface area contributed by atoms with E-state index in [4.69, 9.17) is 4.42 Å². The van der Waals surface area contributed by atoms with Crippen molar-refractivity contribution in [3.05, 3.63) is 35.6 Å². The fourth-order valence-corrected chi connectivity index (χ4v) is 3.57. The molecule has 1 atom stereocenters. The molecular weight excluding hydrogens is 316 g/mol. The van der Waals surface area contributed by atoms with Crippen LogP contribution in [0.25, 0.3) is 11.0 Å². The van der Waals surface area contributed by atoms with Gasteiger partial charge in [-0.1, -0.05) is 32.0 Å². The lowest BCUT2D eigenvalue weighted by atomic mass is 9.97. The van der Waals surface area contributed by atoms with E-state index in [0.29, 0.717) is 19.0 Å². The zero-order chi connectivity index (χ0) is 18.0. The van der Waals surface area contributed by atoms with E-state index in [-0.39, 0.29) is 24.6 Å². The third kappa shape index (κ3) is 3.66. The standard InChI is InChI=1S/C20H28N2O3/c1-13(2)18(19-14(3)16-6-4-5-7-17(16)25-19)21-20(24)22-10-8-15(12-23)9-11-22/h4-7,13,15,18,23H,8-12H2,1-3H3,(H,21,24). The normalized spacial score (nSPS) is 17.2. The maximum atomic E-state index is 12.7. The van der Waals surface area contributed by atoms with E-state index in [1.165, 1.54) is 0 Å². The van der Waals surface area contributed by atoms with Crippen molar-refractivity contribution in [2.45, 2.75) is 39.7 Å². The lowest BCUT2D eigenvalue weighted by Gasteiger charge is -2.33. The first-order valence-corrected chi connectivity index (χ1v) is 9.15. The van der Waals surface area contributed by atoms with Gasteiger partial charge in [-0.05, 0) is 37.7 Å². The Morgan fingerprint density at radius 3 is 2.60 bits per heavy atom. The predicted molar refractivity (Wildman–Crippen MR) is 98.4 cm³/mol. The zero-order valence-corrected chi connectivity index (χ0v) is 15.3. The lowest BCUT2D eigenvalue weighted by molar-refractivity contribution is 0.133. The number of amides is 2. The van der Waals surface area contributed by atoms with E-state index in [0.717, 1.165) is 35.1 Å². The number of nitrogens with one attached hydrogen (secondary N) is 1. The average molecular weight is 344 g/mol. The van der Waals surface area contributed by atoms with E-state index in [1.807, 2.05) is 23.1 Å². The van der Waals surface area contributed by atoms with Crippen molar-refractivity contribution in [2.75, 3.05) is 19.7 Å². The molecule has 0 aliphatic carbocycles. The van der Waals surface area contributed by atoms with Crippen LogP contribution >= 0.6 is 0 Å². The number of likely N-dealkylation sites (tertiary alicyclic amines) is 1. The van der Waals surface area contributed by atoms with Crippen molar-refractivity contribution in [1.29, 1.82) is 0 Å². The summed E-state index contributed by atoms with van der Waals surface area (Å²) in [6.07, 6.45) is 1.72. The summed E-state index contributed by atoms with van der Waals surface area (Å²) in [5.41, 5.74) is 1.95. The van der Waals surface area contributed by atoms with Gasteiger partial charge in [0.1, 0.15) is 11.3 Å². The molecule has 0 saturated carbocycles. The van der Waals surface area contributed by atoms with Gasteiger partial charge in [0.2, 0.25) is 0 Å². The molecule has 2 N–H and O–H groups in total. The van der Waals surface area contributed by atoms with Gasteiger partial charge in [0, 0.05) is 30.6 Å². The number of carbonyl (C=O) groups is 1. The summed E-state index contributed by atoms with van der Waals surface area (Å²) in [4.78, 5) is 14.6. The monoisotopic (exact) mass is 344 g/mol. The van der Waals surface area contributed by atoms with E-state index in [9.17, 15) is 9.90 Å². The molecule has 1 aliphatic heterocycles. The smallest absolute Gasteiger partial charge is 0.317 e. The summed E-state index contributed by atoms with van der Waals surface area (Å²) in [5.74, 6) is 1.38. The molecule has 1 aliphatic rings. The highest BCUT2D eigenvalue weighted by atomic mass is 16.3. The van der Waals surface area contributed by atoms with Crippen LogP contribution in [0, 0.1) is 18.8 Å². The van der Waals surface area contributed by atoms with Crippen LogP contribution in [0.3, 0.4) is 0 Å². The molecular formula is C20H28N2O3. The first kappa shape index (κ1) is 17.8. The molecule has 1 aromatic carbocycles. The van der Waals surface area contributed by atoms with Crippen molar-refractivity contribution in [2.24, 2.45) is 11.8 Å². The quantitative estimate of drug-likeness (QED) is 0.885. The Hall–Kier alpha value is -2.01. The minimum absolute atomic E-state index is 0.0463. The van der Waals surface area contributed by atoms with Crippen LogP contribution in [0.1, 0.15) is 44.1 Å². The minimum atomic E-state index is -0.157. The summed E-state index contributed by atoms with van der Waals surface area (Å²) in [5, 5.41) is 13.5. The number of aliphatic hydroxyl groups excluding tert-OH is 1. The van der Waals surface area contributed by atoms with Crippen molar-refractivity contribution in [3.63, 3.8) is 0 Å². The lowest BCUT2D eigenvalue weighted by Crippen LogP contribution is -2.46. The maximum absolute atomic E-state index is 12.7. The van der Waals surface area contributed by atoms with Crippen molar-refractivity contribution in [1.82, 2.24) is 10.2 Å². The summed E-state index contributed by atoms with van der Waals surface area (Å²) >= 11 is 0. The number of urea groups is 1. The number of carbonyl (C=O) groups excluding carboxylic acids is 1. The number of hydrogen-bond donors (Lipinski definition) is 2. The summed E-state index contributed by atoms with van der Waals surface area (Å²) < 4.78 is 6.08. The van der Waals surface area contributed by atoms with Gasteiger partial charge < -0.3 is 19.7 Å². The van der Waals surface area contributed by atoms with E-state index < -0.39 is 0 Å². The number of fused-ring (bicyclic) bond motifs is 1. The van der Waals surface area contributed by atoms with E-state index >= 15 is 0 Å². The molecule has 2 heterocycles. The van der Waals surface area contributed by atoms with Gasteiger partial charge in [-0.25, -0.2) is 4.79 Å². The largest absolute Gasteiger partial charge is 0.459 e. The number of furan rings is 1. The third-order valence-corrected chi connectivity index (χ3v) is 5.27. The molecule has 2 aromatic rings. The van der Waals surface area contributed by atoms with Gasteiger partial charge in [-0.3, -0.25) is 0 Å². The fourth-order valence-electron chi connectivity index (χ4n) is 3.57. The number of rotatable bonds is 4.